The third-order valence-corrected chi connectivity index (χ3v) is 2.39. The van der Waals surface area contributed by atoms with Gasteiger partial charge >= 0.3 is 6.18 Å². The molecule has 0 spiro atoms. The summed E-state index contributed by atoms with van der Waals surface area (Å²) in [7, 11) is 1.32. The lowest BCUT2D eigenvalue weighted by Crippen LogP contribution is -2.17. The molecular weight excluding hydrogens is 231 g/mol. The van der Waals surface area contributed by atoms with E-state index < -0.39 is 17.8 Å². The van der Waals surface area contributed by atoms with Gasteiger partial charge in [0.1, 0.15) is 5.75 Å². The van der Waals surface area contributed by atoms with Crippen LogP contribution in [-0.4, -0.2) is 7.11 Å². The van der Waals surface area contributed by atoms with Crippen LogP contribution in [0.5, 0.6) is 5.75 Å². The molecular formula is C12H14F3NO. The van der Waals surface area contributed by atoms with E-state index in [0.717, 1.165) is 6.07 Å². The summed E-state index contributed by atoms with van der Waals surface area (Å²) in [5.41, 5.74) is 4.98. The number of nitrogens with two attached hydrogens (primary N) is 1. The molecule has 1 aromatic carbocycles. The Hall–Kier alpha value is -1.49. The fourth-order valence-corrected chi connectivity index (χ4v) is 1.54. The third kappa shape index (κ3) is 3.23. The van der Waals surface area contributed by atoms with Gasteiger partial charge in [-0.15, -0.1) is 6.58 Å². The zero-order valence-electron chi connectivity index (χ0n) is 9.42. The Morgan fingerprint density at radius 2 is 2.12 bits per heavy atom. The van der Waals surface area contributed by atoms with E-state index in [2.05, 4.69) is 6.58 Å². The molecule has 5 heteroatoms. The summed E-state index contributed by atoms with van der Waals surface area (Å²) in [6.45, 7) is 3.47. The number of methoxy groups -OCH3 is 1. The Morgan fingerprint density at radius 1 is 1.47 bits per heavy atom. The molecule has 0 aliphatic carbocycles. The minimum absolute atomic E-state index is 0.0539. The summed E-state index contributed by atoms with van der Waals surface area (Å²) in [6.07, 6.45) is -2.66. The number of halogens is 3. The third-order valence-electron chi connectivity index (χ3n) is 2.39. The van der Waals surface area contributed by atoms with E-state index in [0.29, 0.717) is 0 Å². The van der Waals surface area contributed by atoms with Crippen molar-refractivity contribution >= 4 is 0 Å². The van der Waals surface area contributed by atoms with Crippen LogP contribution >= 0.6 is 0 Å². The average Bonchev–Trinajstić information content (AvgIpc) is 2.27. The number of rotatable bonds is 4. The first kappa shape index (κ1) is 13.6. The quantitative estimate of drug-likeness (QED) is 0.826. The van der Waals surface area contributed by atoms with E-state index in [-0.39, 0.29) is 17.7 Å². The predicted octanol–water partition coefficient (Wildman–Crippen LogP) is 3.29. The highest BCUT2D eigenvalue weighted by molar-refractivity contribution is 5.39. The Morgan fingerprint density at radius 3 is 2.59 bits per heavy atom. The summed E-state index contributed by atoms with van der Waals surface area (Å²) in [5.74, 6) is 0.159. The van der Waals surface area contributed by atoms with Crippen molar-refractivity contribution in [2.75, 3.05) is 7.11 Å². The van der Waals surface area contributed by atoms with Crippen LogP contribution in [0.3, 0.4) is 0 Å². The van der Waals surface area contributed by atoms with E-state index in [4.69, 9.17) is 10.5 Å². The van der Waals surface area contributed by atoms with E-state index in [1.807, 2.05) is 0 Å². The molecule has 0 aromatic heterocycles. The molecule has 1 rings (SSSR count). The van der Waals surface area contributed by atoms with Crippen molar-refractivity contribution in [3.63, 3.8) is 0 Å². The van der Waals surface area contributed by atoms with E-state index in [9.17, 15) is 13.2 Å². The second-order valence-electron chi connectivity index (χ2n) is 3.58. The maximum atomic E-state index is 12.8. The Kier molecular flexibility index (Phi) is 4.17. The molecule has 0 radical (unpaired) electrons. The molecule has 1 aromatic rings. The Bertz CT molecular complexity index is 401. The molecule has 0 fully saturated rings. The maximum Gasteiger partial charge on any atom is 0.416 e. The van der Waals surface area contributed by atoms with Crippen LogP contribution in [0.4, 0.5) is 13.2 Å². The molecule has 94 valence electrons. The first-order valence-electron chi connectivity index (χ1n) is 5.01. The number of benzene rings is 1. The zero-order chi connectivity index (χ0) is 13.1. The average molecular weight is 245 g/mol. The van der Waals surface area contributed by atoms with E-state index in [1.165, 1.54) is 25.3 Å². The summed E-state index contributed by atoms with van der Waals surface area (Å²) in [5, 5.41) is 0. The van der Waals surface area contributed by atoms with Crippen LogP contribution in [-0.2, 0) is 6.18 Å². The first-order chi connectivity index (χ1) is 7.90. The summed E-state index contributed by atoms with van der Waals surface area (Å²) < 4.78 is 43.3. The lowest BCUT2D eigenvalue weighted by molar-refractivity contribution is -0.138. The van der Waals surface area contributed by atoms with Crippen LogP contribution in [0.2, 0.25) is 0 Å². The molecule has 0 aliphatic heterocycles. The van der Waals surface area contributed by atoms with Gasteiger partial charge in [-0.3, -0.25) is 0 Å². The second-order valence-corrected chi connectivity index (χ2v) is 3.58. The molecule has 17 heavy (non-hydrogen) atoms. The minimum Gasteiger partial charge on any atom is -0.497 e. The SMILES string of the molecule is C=CC[C@@H](N)c1ccc(OC)cc1C(F)(F)F. The Balaban J connectivity index is 3.24. The van der Waals surface area contributed by atoms with Gasteiger partial charge in [0.2, 0.25) is 0 Å². The molecule has 0 bridgehead atoms. The normalized spacial score (nSPS) is 13.2. The topological polar surface area (TPSA) is 35.2 Å². The van der Waals surface area contributed by atoms with Crippen LogP contribution in [0.1, 0.15) is 23.6 Å². The van der Waals surface area contributed by atoms with Gasteiger partial charge in [0, 0.05) is 6.04 Å². The highest BCUT2D eigenvalue weighted by Crippen LogP contribution is 2.37. The molecule has 1 atom stereocenters. The molecule has 0 heterocycles. The Labute approximate surface area is 97.9 Å². The van der Waals surface area contributed by atoms with Crippen molar-refractivity contribution in [2.45, 2.75) is 18.6 Å². The molecule has 0 aliphatic rings. The first-order valence-corrected chi connectivity index (χ1v) is 5.01. The van der Waals surface area contributed by atoms with Crippen LogP contribution in [0, 0.1) is 0 Å². The van der Waals surface area contributed by atoms with Crippen molar-refractivity contribution in [1.82, 2.24) is 0 Å². The van der Waals surface area contributed by atoms with Crippen LogP contribution < -0.4 is 10.5 Å². The molecule has 0 saturated heterocycles. The maximum absolute atomic E-state index is 12.8. The van der Waals surface area contributed by atoms with Crippen molar-refractivity contribution in [2.24, 2.45) is 5.73 Å². The van der Waals surface area contributed by atoms with Gasteiger partial charge in [-0.05, 0) is 24.1 Å². The predicted molar refractivity (Wildman–Crippen MR) is 59.7 cm³/mol. The molecule has 0 unspecified atom stereocenters. The monoisotopic (exact) mass is 245 g/mol. The van der Waals surface area contributed by atoms with Crippen LogP contribution in [0.25, 0.3) is 0 Å². The summed E-state index contributed by atoms with van der Waals surface area (Å²) in [4.78, 5) is 0. The largest absolute Gasteiger partial charge is 0.497 e. The second kappa shape index (κ2) is 5.23. The van der Waals surface area contributed by atoms with Crippen molar-refractivity contribution in [3.05, 3.63) is 42.0 Å². The highest BCUT2D eigenvalue weighted by atomic mass is 19.4. The van der Waals surface area contributed by atoms with E-state index >= 15 is 0 Å². The van der Waals surface area contributed by atoms with Gasteiger partial charge in [0.15, 0.2) is 0 Å². The van der Waals surface area contributed by atoms with Gasteiger partial charge in [-0.25, -0.2) is 0 Å². The fraction of sp³-hybridized carbons (Fsp3) is 0.333. The van der Waals surface area contributed by atoms with Crippen molar-refractivity contribution in [3.8, 4) is 5.75 Å². The van der Waals surface area contributed by atoms with Gasteiger partial charge in [0.25, 0.3) is 0 Å². The lowest BCUT2D eigenvalue weighted by atomic mass is 9.98. The molecule has 2 nitrogen and oxygen atoms in total. The standard InChI is InChI=1S/C12H14F3NO/c1-3-4-11(16)9-6-5-8(17-2)7-10(9)12(13,14)15/h3,5-7,11H,1,4,16H2,2H3/t11-/m1/s1. The number of hydrogen-bond donors (Lipinski definition) is 1. The minimum atomic E-state index is -4.44. The fourth-order valence-electron chi connectivity index (χ4n) is 1.54. The van der Waals surface area contributed by atoms with Gasteiger partial charge in [-0.2, -0.15) is 13.2 Å². The zero-order valence-corrected chi connectivity index (χ0v) is 9.42. The van der Waals surface area contributed by atoms with Gasteiger partial charge in [-0.1, -0.05) is 12.1 Å². The lowest BCUT2D eigenvalue weighted by Gasteiger charge is -2.18. The number of hydrogen-bond acceptors (Lipinski definition) is 2. The molecule has 2 N–H and O–H groups in total. The van der Waals surface area contributed by atoms with Crippen molar-refractivity contribution < 1.29 is 17.9 Å². The summed E-state index contributed by atoms with van der Waals surface area (Å²) in [6, 6.07) is 3.05. The number of alkyl halides is 3. The van der Waals surface area contributed by atoms with Gasteiger partial charge < -0.3 is 10.5 Å². The highest BCUT2D eigenvalue weighted by Gasteiger charge is 2.34. The van der Waals surface area contributed by atoms with E-state index in [1.54, 1.807) is 0 Å². The van der Waals surface area contributed by atoms with Crippen LogP contribution in [0.15, 0.2) is 30.9 Å². The van der Waals surface area contributed by atoms with Gasteiger partial charge in [0.05, 0.1) is 12.7 Å². The molecule has 0 saturated carbocycles. The number of ether oxygens (including phenoxy) is 1. The summed E-state index contributed by atoms with van der Waals surface area (Å²) >= 11 is 0. The molecule has 0 amide bonds. The smallest absolute Gasteiger partial charge is 0.416 e. The van der Waals surface area contributed by atoms with Crippen molar-refractivity contribution in [1.29, 1.82) is 0 Å².